The summed E-state index contributed by atoms with van der Waals surface area (Å²) < 4.78 is 12.8. The summed E-state index contributed by atoms with van der Waals surface area (Å²) in [6, 6.07) is 0. The molecule has 2 N–H and O–H groups in total. The molecule has 3 atom stereocenters. The van der Waals surface area contributed by atoms with Gasteiger partial charge in [0.25, 0.3) is 0 Å². The van der Waals surface area contributed by atoms with Gasteiger partial charge in [-0.3, -0.25) is 0 Å². The largest absolute Gasteiger partial charge is 0.416 e. The zero-order valence-electron chi connectivity index (χ0n) is 19.1. The topological polar surface area (TPSA) is 44.5 Å². The molecule has 2 rings (SSSR count). The van der Waals surface area contributed by atoms with E-state index in [4.69, 9.17) is 14.9 Å². The SMILES string of the molecule is C[C@H]1C[C@@H](CO[Si](C)(C)C(C)(C)C)[C@](N)(C2CCCCCCCCC2)CO1. The van der Waals surface area contributed by atoms with E-state index in [2.05, 4.69) is 40.8 Å². The summed E-state index contributed by atoms with van der Waals surface area (Å²) in [6.07, 6.45) is 13.5. The van der Waals surface area contributed by atoms with Gasteiger partial charge in [-0.05, 0) is 50.2 Å². The molecular weight excluding hydrogens is 350 g/mol. The first kappa shape index (κ1) is 23.4. The van der Waals surface area contributed by atoms with E-state index in [9.17, 15) is 0 Å². The highest BCUT2D eigenvalue weighted by atomic mass is 28.4. The lowest BCUT2D eigenvalue weighted by atomic mass is 9.68. The van der Waals surface area contributed by atoms with Gasteiger partial charge in [-0.15, -0.1) is 0 Å². The Bertz CT molecular complexity index is 438. The van der Waals surface area contributed by atoms with Crippen LogP contribution in [0.2, 0.25) is 18.1 Å². The Balaban J connectivity index is 2.11. The Morgan fingerprint density at radius 2 is 1.52 bits per heavy atom. The zero-order chi connectivity index (χ0) is 20.1. The van der Waals surface area contributed by atoms with Gasteiger partial charge in [-0.25, -0.2) is 0 Å². The molecule has 0 radical (unpaired) electrons. The molecule has 0 amide bonds. The van der Waals surface area contributed by atoms with E-state index in [1.54, 1.807) is 0 Å². The maximum absolute atomic E-state index is 7.20. The van der Waals surface area contributed by atoms with Crippen LogP contribution in [0, 0.1) is 11.8 Å². The Kier molecular flexibility index (Phi) is 8.43. The second-order valence-electron chi connectivity index (χ2n) is 11.0. The van der Waals surface area contributed by atoms with Crippen molar-refractivity contribution in [1.29, 1.82) is 0 Å². The van der Waals surface area contributed by atoms with Gasteiger partial charge in [0.1, 0.15) is 0 Å². The minimum Gasteiger partial charge on any atom is -0.416 e. The molecule has 0 spiro atoms. The van der Waals surface area contributed by atoms with Crippen molar-refractivity contribution in [3.63, 3.8) is 0 Å². The molecule has 1 saturated carbocycles. The Morgan fingerprint density at radius 3 is 2.04 bits per heavy atom. The van der Waals surface area contributed by atoms with E-state index in [1.165, 1.54) is 57.8 Å². The molecule has 1 aliphatic heterocycles. The van der Waals surface area contributed by atoms with Crippen molar-refractivity contribution in [1.82, 2.24) is 0 Å². The van der Waals surface area contributed by atoms with E-state index in [0.717, 1.165) is 13.0 Å². The summed E-state index contributed by atoms with van der Waals surface area (Å²) in [5.41, 5.74) is 6.99. The zero-order valence-corrected chi connectivity index (χ0v) is 20.1. The van der Waals surface area contributed by atoms with Gasteiger partial charge in [0.05, 0.1) is 12.7 Å². The predicted molar refractivity (Wildman–Crippen MR) is 119 cm³/mol. The number of ether oxygens (including phenoxy) is 1. The van der Waals surface area contributed by atoms with Crippen molar-refractivity contribution in [3.05, 3.63) is 0 Å². The minimum atomic E-state index is -1.75. The lowest BCUT2D eigenvalue weighted by molar-refractivity contribution is -0.0863. The summed E-state index contributed by atoms with van der Waals surface area (Å²) in [5, 5.41) is 0.247. The van der Waals surface area contributed by atoms with Crippen LogP contribution in [-0.2, 0) is 9.16 Å². The lowest BCUT2D eigenvalue weighted by Crippen LogP contribution is -2.62. The van der Waals surface area contributed by atoms with Crippen LogP contribution in [0.4, 0.5) is 0 Å². The smallest absolute Gasteiger partial charge is 0.191 e. The average molecular weight is 398 g/mol. The van der Waals surface area contributed by atoms with Crippen LogP contribution >= 0.6 is 0 Å². The summed E-state index contributed by atoms with van der Waals surface area (Å²) in [6.45, 7) is 15.4. The third kappa shape index (κ3) is 6.29. The second-order valence-corrected chi connectivity index (χ2v) is 15.8. The summed E-state index contributed by atoms with van der Waals surface area (Å²) in [4.78, 5) is 0. The van der Waals surface area contributed by atoms with Crippen LogP contribution in [0.25, 0.3) is 0 Å². The fraction of sp³-hybridized carbons (Fsp3) is 1.00. The molecule has 0 aromatic rings. The van der Waals surface area contributed by atoms with Crippen LogP contribution in [0.5, 0.6) is 0 Å². The standard InChI is InChI=1S/C23H47NO2Si/c1-19-16-21(17-26-27(5,6)22(2,3)4)23(24,18-25-19)20-14-12-10-8-7-9-11-13-15-20/h19-21H,7-18,24H2,1-6H3/t19-,21-,23+/m0/s1. The predicted octanol–water partition coefficient (Wildman–Crippen LogP) is 6.27. The third-order valence-corrected chi connectivity index (χ3v) is 12.3. The molecule has 160 valence electrons. The lowest BCUT2D eigenvalue weighted by Gasteiger charge is -2.49. The molecule has 1 saturated heterocycles. The first-order valence-corrected chi connectivity index (χ1v) is 14.5. The van der Waals surface area contributed by atoms with Crippen molar-refractivity contribution in [2.45, 2.75) is 122 Å². The van der Waals surface area contributed by atoms with Crippen molar-refractivity contribution in [2.75, 3.05) is 13.2 Å². The number of hydrogen-bond acceptors (Lipinski definition) is 3. The van der Waals surface area contributed by atoms with Gasteiger partial charge in [0, 0.05) is 18.1 Å². The molecule has 3 nitrogen and oxygen atoms in total. The van der Waals surface area contributed by atoms with Gasteiger partial charge in [0.2, 0.25) is 0 Å². The van der Waals surface area contributed by atoms with Crippen LogP contribution in [0.15, 0.2) is 0 Å². The molecule has 1 heterocycles. The molecule has 2 fully saturated rings. The molecule has 0 aromatic heterocycles. The second kappa shape index (κ2) is 9.73. The number of rotatable bonds is 4. The molecule has 27 heavy (non-hydrogen) atoms. The van der Waals surface area contributed by atoms with E-state index >= 15 is 0 Å². The molecule has 2 aliphatic rings. The monoisotopic (exact) mass is 397 g/mol. The van der Waals surface area contributed by atoms with Crippen molar-refractivity contribution in [2.24, 2.45) is 17.6 Å². The normalized spacial score (nSPS) is 33.0. The minimum absolute atomic E-state index is 0.214. The van der Waals surface area contributed by atoms with Crippen molar-refractivity contribution >= 4 is 8.32 Å². The van der Waals surface area contributed by atoms with Crippen LogP contribution in [-0.4, -0.2) is 33.2 Å². The van der Waals surface area contributed by atoms with E-state index in [-0.39, 0.29) is 10.6 Å². The van der Waals surface area contributed by atoms with Gasteiger partial charge < -0.3 is 14.9 Å². The van der Waals surface area contributed by atoms with Crippen LogP contribution in [0.3, 0.4) is 0 Å². The summed E-state index contributed by atoms with van der Waals surface area (Å²) in [5.74, 6) is 0.999. The van der Waals surface area contributed by atoms with Gasteiger partial charge >= 0.3 is 0 Å². The average Bonchev–Trinajstić information content (AvgIpc) is 2.59. The highest BCUT2D eigenvalue weighted by molar-refractivity contribution is 6.74. The Labute approximate surface area is 170 Å². The first-order chi connectivity index (χ1) is 12.6. The molecular formula is C23H47NO2Si. The Morgan fingerprint density at radius 1 is 1.00 bits per heavy atom. The van der Waals surface area contributed by atoms with E-state index < -0.39 is 8.32 Å². The Hall–Kier alpha value is 0.0969. The molecule has 0 bridgehead atoms. The molecule has 1 aliphatic carbocycles. The van der Waals surface area contributed by atoms with Gasteiger partial charge in [0.15, 0.2) is 8.32 Å². The van der Waals surface area contributed by atoms with Crippen LogP contribution < -0.4 is 5.73 Å². The summed E-state index contributed by atoms with van der Waals surface area (Å²) in [7, 11) is -1.75. The fourth-order valence-corrected chi connectivity index (χ4v) is 5.69. The molecule has 0 aromatic carbocycles. The first-order valence-electron chi connectivity index (χ1n) is 11.6. The highest BCUT2D eigenvalue weighted by Gasteiger charge is 2.47. The number of nitrogens with two attached hydrogens (primary N) is 1. The highest BCUT2D eigenvalue weighted by Crippen LogP contribution is 2.42. The van der Waals surface area contributed by atoms with E-state index in [0.29, 0.717) is 24.5 Å². The molecule has 4 heteroatoms. The fourth-order valence-electron chi connectivity index (χ4n) is 4.64. The summed E-state index contributed by atoms with van der Waals surface area (Å²) >= 11 is 0. The number of hydrogen-bond donors (Lipinski definition) is 1. The molecule has 0 unspecified atom stereocenters. The van der Waals surface area contributed by atoms with Crippen LogP contribution in [0.1, 0.15) is 91.9 Å². The third-order valence-electron chi connectivity index (χ3n) is 7.81. The van der Waals surface area contributed by atoms with Crippen molar-refractivity contribution in [3.8, 4) is 0 Å². The van der Waals surface area contributed by atoms with E-state index in [1.807, 2.05) is 0 Å². The van der Waals surface area contributed by atoms with Gasteiger partial charge in [-0.2, -0.15) is 0 Å². The maximum atomic E-state index is 7.20. The van der Waals surface area contributed by atoms with Gasteiger partial charge in [-0.1, -0.05) is 65.7 Å². The maximum Gasteiger partial charge on any atom is 0.191 e. The quantitative estimate of drug-likeness (QED) is 0.568. The van der Waals surface area contributed by atoms with Crippen molar-refractivity contribution < 1.29 is 9.16 Å².